The number of nitrogens with one attached hydrogen (secondary N) is 1. The van der Waals surface area contributed by atoms with Crippen LogP contribution in [0.5, 0.6) is 5.75 Å². The molecule has 0 aliphatic heterocycles. The lowest BCUT2D eigenvalue weighted by Crippen LogP contribution is -2.35. The maximum Gasteiger partial charge on any atom is 0.252 e. The number of nitriles is 1. The fraction of sp³-hybridized carbons (Fsp3) is 0.333. The van der Waals surface area contributed by atoms with Gasteiger partial charge < -0.3 is 10.4 Å². The van der Waals surface area contributed by atoms with Crippen LogP contribution in [0, 0.1) is 17.2 Å². The molecule has 1 amide bonds. The molecular weight excluding hydrogens is 204 g/mol. The van der Waals surface area contributed by atoms with Gasteiger partial charge in [0.2, 0.25) is 0 Å². The molecule has 0 spiro atoms. The normalized spacial score (nSPS) is 16.2. The first kappa shape index (κ1) is 10.5. The second-order valence-electron chi connectivity index (χ2n) is 3.97. The summed E-state index contributed by atoms with van der Waals surface area (Å²) in [5.74, 6) is 0.0354. The number of phenolic OH excluding ortho intramolecular Hbond substituents is 1. The molecule has 1 aliphatic carbocycles. The Kier molecular flexibility index (Phi) is 2.78. The quantitative estimate of drug-likeness (QED) is 0.802. The standard InChI is InChI=1S/C12H12N2O2/c13-7-11(8-4-5-8)14-12(16)9-2-1-3-10(15)6-9/h1-3,6,8,11,15H,4-5H2,(H,14,16). The summed E-state index contributed by atoms with van der Waals surface area (Å²) in [5, 5.41) is 20.8. The van der Waals surface area contributed by atoms with Gasteiger partial charge in [-0.15, -0.1) is 0 Å². The Bertz CT molecular complexity index is 447. The Hall–Kier alpha value is -2.02. The zero-order valence-corrected chi connectivity index (χ0v) is 8.68. The van der Waals surface area contributed by atoms with E-state index in [-0.39, 0.29) is 11.7 Å². The predicted molar refractivity (Wildman–Crippen MR) is 57.7 cm³/mol. The highest BCUT2D eigenvalue weighted by atomic mass is 16.3. The number of amides is 1. The minimum atomic E-state index is -0.408. The molecule has 0 saturated heterocycles. The van der Waals surface area contributed by atoms with Crippen molar-refractivity contribution in [1.29, 1.82) is 5.26 Å². The molecule has 4 heteroatoms. The first-order chi connectivity index (χ1) is 7.70. The van der Waals surface area contributed by atoms with E-state index in [2.05, 4.69) is 11.4 Å². The Balaban J connectivity index is 2.05. The van der Waals surface area contributed by atoms with Crippen molar-refractivity contribution in [3.05, 3.63) is 29.8 Å². The van der Waals surface area contributed by atoms with E-state index in [4.69, 9.17) is 5.26 Å². The van der Waals surface area contributed by atoms with Crippen LogP contribution in [0.1, 0.15) is 23.2 Å². The predicted octanol–water partition coefficient (Wildman–Crippen LogP) is 1.42. The molecule has 4 nitrogen and oxygen atoms in total. The number of hydrogen-bond acceptors (Lipinski definition) is 3. The van der Waals surface area contributed by atoms with E-state index in [0.29, 0.717) is 11.5 Å². The van der Waals surface area contributed by atoms with E-state index < -0.39 is 6.04 Å². The summed E-state index contributed by atoms with van der Waals surface area (Å²) in [5.41, 5.74) is 0.376. The largest absolute Gasteiger partial charge is 0.508 e. The molecule has 82 valence electrons. The van der Waals surface area contributed by atoms with E-state index in [9.17, 15) is 9.90 Å². The monoisotopic (exact) mass is 216 g/mol. The summed E-state index contributed by atoms with van der Waals surface area (Å²) in [4.78, 5) is 11.7. The van der Waals surface area contributed by atoms with E-state index >= 15 is 0 Å². The van der Waals surface area contributed by atoms with Gasteiger partial charge in [0.25, 0.3) is 5.91 Å². The molecule has 1 aromatic rings. The minimum Gasteiger partial charge on any atom is -0.508 e. The molecule has 0 aromatic heterocycles. The van der Waals surface area contributed by atoms with Gasteiger partial charge in [-0.2, -0.15) is 5.26 Å². The van der Waals surface area contributed by atoms with Gasteiger partial charge in [-0.1, -0.05) is 6.07 Å². The second kappa shape index (κ2) is 4.23. The van der Waals surface area contributed by atoms with E-state index in [1.807, 2.05) is 0 Å². The SMILES string of the molecule is N#CC(NC(=O)c1cccc(O)c1)C1CC1. The van der Waals surface area contributed by atoms with Crippen LogP contribution in [0.15, 0.2) is 24.3 Å². The summed E-state index contributed by atoms with van der Waals surface area (Å²) < 4.78 is 0. The Morgan fingerprint density at radius 1 is 1.56 bits per heavy atom. The number of aromatic hydroxyl groups is 1. The lowest BCUT2D eigenvalue weighted by molar-refractivity contribution is 0.0941. The first-order valence-corrected chi connectivity index (χ1v) is 5.20. The average Bonchev–Trinajstić information content (AvgIpc) is 3.09. The highest BCUT2D eigenvalue weighted by Crippen LogP contribution is 2.32. The van der Waals surface area contributed by atoms with Crippen LogP contribution in [-0.4, -0.2) is 17.1 Å². The maximum atomic E-state index is 11.7. The van der Waals surface area contributed by atoms with Crippen molar-refractivity contribution in [2.24, 2.45) is 5.92 Å². The Labute approximate surface area is 93.5 Å². The summed E-state index contributed by atoms with van der Waals surface area (Å²) >= 11 is 0. The van der Waals surface area contributed by atoms with Gasteiger partial charge in [-0.25, -0.2) is 0 Å². The van der Waals surface area contributed by atoms with Crippen LogP contribution in [0.3, 0.4) is 0 Å². The van der Waals surface area contributed by atoms with Gasteiger partial charge in [-0.3, -0.25) is 4.79 Å². The Morgan fingerprint density at radius 2 is 2.31 bits per heavy atom. The number of nitrogens with zero attached hydrogens (tertiary/aromatic N) is 1. The molecule has 1 unspecified atom stereocenters. The van der Waals surface area contributed by atoms with Gasteiger partial charge in [0.1, 0.15) is 11.8 Å². The third kappa shape index (κ3) is 2.31. The van der Waals surface area contributed by atoms with Crippen molar-refractivity contribution in [1.82, 2.24) is 5.32 Å². The molecule has 1 atom stereocenters. The van der Waals surface area contributed by atoms with Crippen molar-refractivity contribution in [2.75, 3.05) is 0 Å². The van der Waals surface area contributed by atoms with Crippen molar-refractivity contribution in [2.45, 2.75) is 18.9 Å². The van der Waals surface area contributed by atoms with Crippen LogP contribution < -0.4 is 5.32 Å². The fourth-order valence-corrected chi connectivity index (χ4v) is 1.56. The van der Waals surface area contributed by atoms with Crippen molar-refractivity contribution < 1.29 is 9.90 Å². The van der Waals surface area contributed by atoms with Crippen LogP contribution in [0.2, 0.25) is 0 Å². The third-order valence-electron chi connectivity index (χ3n) is 2.63. The summed E-state index contributed by atoms with van der Waals surface area (Å²) in [7, 11) is 0. The molecule has 1 aliphatic rings. The molecule has 0 radical (unpaired) electrons. The third-order valence-corrected chi connectivity index (χ3v) is 2.63. The van der Waals surface area contributed by atoms with Crippen LogP contribution in [-0.2, 0) is 0 Å². The van der Waals surface area contributed by atoms with E-state index in [0.717, 1.165) is 12.8 Å². The van der Waals surface area contributed by atoms with Gasteiger partial charge in [0.15, 0.2) is 0 Å². The zero-order chi connectivity index (χ0) is 11.5. The molecule has 1 aromatic carbocycles. The van der Waals surface area contributed by atoms with Gasteiger partial charge in [0.05, 0.1) is 6.07 Å². The molecule has 0 heterocycles. The summed E-state index contributed by atoms with van der Waals surface area (Å²) in [6.07, 6.45) is 2.00. The van der Waals surface area contributed by atoms with E-state index in [1.54, 1.807) is 12.1 Å². The summed E-state index contributed by atoms with van der Waals surface area (Å²) in [6.45, 7) is 0. The van der Waals surface area contributed by atoms with Crippen LogP contribution >= 0.6 is 0 Å². The number of rotatable bonds is 3. The molecular formula is C12H12N2O2. The first-order valence-electron chi connectivity index (χ1n) is 5.20. The van der Waals surface area contributed by atoms with Crippen LogP contribution in [0.25, 0.3) is 0 Å². The van der Waals surface area contributed by atoms with Crippen LogP contribution in [0.4, 0.5) is 0 Å². The number of carbonyl (C=O) groups excluding carboxylic acids is 1. The highest BCUT2D eigenvalue weighted by Gasteiger charge is 2.32. The lowest BCUT2D eigenvalue weighted by atomic mass is 10.1. The molecule has 1 saturated carbocycles. The average molecular weight is 216 g/mol. The number of hydrogen-bond donors (Lipinski definition) is 2. The van der Waals surface area contributed by atoms with Gasteiger partial charge >= 0.3 is 0 Å². The number of phenols is 1. The molecule has 2 rings (SSSR count). The summed E-state index contributed by atoms with van der Waals surface area (Å²) in [6, 6.07) is 7.77. The molecule has 0 bridgehead atoms. The molecule has 16 heavy (non-hydrogen) atoms. The highest BCUT2D eigenvalue weighted by molar-refractivity contribution is 5.94. The zero-order valence-electron chi connectivity index (χ0n) is 8.68. The maximum absolute atomic E-state index is 11.7. The lowest BCUT2D eigenvalue weighted by Gasteiger charge is -2.10. The topological polar surface area (TPSA) is 73.1 Å². The van der Waals surface area contributed by atoms with Crippen molar-refractivity contribution >= 4 is 5.91 Å². The van der Waals surface area contributed by atoms with E-state index in [1.165, 1.54) is 12.1 Å². The smallest absolute Gasteiger partial charge is 0.252 e. The second-order valence-corrected chi connectivity index (χ2v) is 3.97. The molecule has 2 N–H and O–H groups in total. The number of carbonyl (C=O) groups is 1. The number of benzene rings is 1. The minimum absolute atomic E-state index is 0.0487. The molecule has 1 fully saturated rings. The van der Waals surface area contributed by atoms with Gasteiger partial charge in [0, 0.05) is 5.56 Å². The van der Waals surface area contributed by atoms with Gasteiger partial charge in [-0.05, 0) is 37.0 Å². The fourth-order valence-electron chi connectivity index (χ4n) is 1.56. The Morgan fingerprint density at radius 3 is 2.88 bits per heavy atom. The van der Waals surface area contributed by atoms with Crippen molar-refractivity contribution in [3.63, 3.8) is 0 Å². The van der Waals surface area contributed by atoms with Crippen molar-refractivity contribution in [3.8, 4) is 11.8 Å².